The molecule has 2 aliphatic heterocycles. The second-order valence-corrected chi connectivity index (χ2v) is 11.3. The molecule has 0 radical (unpaired) electrons. The molecule has 36 heavy (non-hydrogen) atoms. The van der Waals surface area contributed by atoms with Crippen LogP contribution in [0.4, 0.5) is 4.79 Å². The molecule has 3 aromatic rings. The molecule has 2 saturated carbocycles. The van der Waals surface area contributed by atoms with Crippen molar-refractivity contribution in [2.45, 2.75) is 57.3 Å². The minimum absolute atomic E-state index is 0.196. The van der Waals surface area contributed by atoms with Crippen LogP contribution < -0.4 is 4.74 Å². The molecular weight excluding hydrogens is 454 g/mol. The lowest BCUT2D eigenvalue weighted by Crippen LogP contribution is -2.67. The van der Waals surface area contributed by atoms with Gasteiger partial charge in [0.15, 0.2) is 5.82 Å². The van der Waals surface area contributed by atoms with Crippen LogP contribution in [-0.4, -0.2) is 73.6 Å². The number of benzene rings is 1. The molecular formula is C27H33N7O2. The number of amides is 2. The second kappa shape index (κ2) is 8.08. The summed E-state index contributed by atoms with van der Waals surface area (Å²) in [4.78, 5) is 21.7. The first-order valence-corrected chi connectivity index (χ1v) is 13.3. The first-order chi connectivity index (χ1) is 17.5. The van der Waals surface area contributed by atoms with Gasteiger partial charge in [-0.25, -0.2) is 14.5 Å². The predicted molar refractivity (Wildman–Crippen MR) is 134 cm³/mol. The number of carbonyl (C=O) groups is 1. The normalized spacial score (nSPS) is 21.3. The maximum absolute atomic E-state index is 13.0. The van der Waals surface area contributed by atoms with Crippen molar-refractivity contribution in [3.05, 3.63) is 53.2 Å². The lowest BCUT2D eigenvalue weighted by molar-refractivity contribution is -0.0601. The molecule has 1 aromatic carbocycles. The van der Waals surface area contributed by atoms with E-state index in [1.807, 2.05) is 34.4 Å². The predicted octanol–water partition coefficient (Wildman–Crippen LogP) is 3.97. The van der Waals surface area contributed by atoms with E-state index in [9.17, 15) is 4.79 Å². The Bertz CT molecular complexity index is 1270. The van der Waals surface area contributed by atoms with Crippen LogP contribution in [0.5, 0.6) is 5.88 Å². The number of ether oxygens (including phenoxy) is 1. The number of carbonyl (C=O) groups excluding carboxylic acids is 1. The summed E-state index contributed by atoms with van der Waals surface area (Å²) in [6, 6.07) is 10.7. The van der Waals surface area contributed by atoms with E-state index >= 15 is 0 Å². The van der Waals surface area contributed by atoms with Gasteiger partial charge in [-0.2, -0.15) is 5.10 Å². The molecule has 0 bridgehead atoms. The number of aryl methyl sites for hydroxylation is 1. The van der Waals surface area contributed by atoms with E-state index in [1.54, 1.807) is 0 Å². The van der Waals surface area contributed by atoms with Gasteiger partial charge in [0.25, 0.3) is 0 Å². The fourth-order valence-corrected chi connectivity index (χ4v) is 6.19. The molecule has 9 nitrogen and oxygen atoms in total. The van der Waals surface area contributed by atoms with E-state index in [-0.39, 0.29) is 6.03 Å². The molecule has 188 valence electrons. The Morgan fingerprint density at radius 3 is 2.53 bits per heavy atom. The monoisotopic (exact) mass is 487 g/mol. The lowest BCUT2D eigenvalue weighted by Gasteiger charge is -2.59. The van der Waals surface area contributed by atoms with Gasteiger partial charge in [0.2, 0.25) is 5.88 Å². The third-order valence-electron chi connectivity index (χ3n) is 8.45. The number of H-pyrrole nitrogens is 1. The minimum Gasteiger partial charge on any atom is -0.477 e. The van der Waals surface area contributed by atoms with Gasteiger partial charge in [-0.05, 0) is 57.2 Å². The molecule has 4 heterocycles. The molecule has 0 atom stereocenters. The van der Waals surface area contributed by atoms with Crippen LogP contribution >= 0.6 is 0 Å². The van der Waals surface area contributed by atoms with Crippen LogP contribution in [0.25, 0.3) is 5.69 Å². The average molecular weight is 488 g/mol. The van der Waals surface area contributed by atoms with Crippen molar-refractivity contribution >= 4 is 6.03 Å². The van der Waals surface area contributed by atoms with Gasteiger partial charge in [0, 0.05) is 61.1 Å². The number of hydrogen-bond acceptors (Lipinski definition) is 5. The molecule has 7 rings (SSSR count). The van der Waals surface area contributed by atoms with Gasteiger partial charge in [0.05, 0.1) is 12.3 Å². The van der Waals surface area contributed by atoms with Gasteiger partial charge in [-0.1, -0.05) is 12.1 Å². The van der Waals surface area contributed by atoms with E-state index in [2.05, 4.69) is 39.6 Å². The highest BCUT2D eigenvalue weighted by Crippen LogP contribution is 2.56. The van der Waals surface area contributed by atoms with Gasteiger partial charge >= 0.3 is 6.03 Å². The SMILES string of the molecule is CCOc1cc(C)n(-c2ccc(C3CN(C(=O)N4CC5(CC(c6n[nH]c(C7CC7)n6)C5)C4)C3)cc2)n1. The van der Waals surface area contributed by atoms with Gasteiger partial charge in [-0.15, -0.1) is 5.10 Å². The molecule has 2 saturated heterocycles. The van der Waals surface area contributed by atoms with Crippen molar-refractivity contribution in [3.8, 4) is 11.6 Å². The summed E-state index contributed by atoms with van der Waals surface area (Å²) in [5, 5.41) is 12.1. The van der Waals surface area contributed by atoms with E-state index in [4.69, 9.17) is 9.72 Å². The molecule has 0 unspecified atom stereocenters. The Labute approximate surface area is 210 Å². The van der Waals surface area contributed by atoms with Gasteiger partial charge in [-0.3, -0.25) is 5.10 Å². The summed E-state index contributed by atoms with van der Waals surface area (Å²) in [5.41, 5.74) is 3.64. The topological polar surface area (TPSA) is 92.2 Å². The molecule has 4 fully saturated rings. The number of aromatic amines is 1. The van der Waals surface area contributed by atoms with Crippen molar-refractivity contribution < 1.29 is 9.53 Å². The maximum atomic E-state index is 13.0. The fourth-order valence-electron chi connectivity index (χ4n) is 6.19. The van der Waals surface area contributed by atoms with Crippen LogP contribution in [0, 0.1) is 12.3 Å². The van der Waals surface area contributed by atoms with Crippen molar-refractivity contribution in [1.29, 1.82) is 0 Å². The van der Waals surface area contributed by atoms with Crippen LogP contribution in [0.2, 0.25) is 0 Å². The first-order valence-electron chi connectivity index (χ1n) is 13.3. The first kappa shape index (κ1) is 21.9. The molecule has 9 heteroatoms. The van der Waals surface area contributed by atoms with Crippen molar-refractivity contribution in [1.82, 2.24) is 34.8 Å². The Hall–Kier alpha value is -3.36. The zero-order valence-electron chi connectivity index (χ0n) is 21.0. The van der Waals surface area contributed by atoms with Crippen molar-refractivity contribution in [2.75, 3.05) is 32.8 Å². The number of nitrogens with zero attached hydrogens (tertiary/aromatic N) is 6. The molecule has 1 N–H and O–H groups in total. The average Bonchev–Trinajstić information content (AvgIpc) is 3.41. The number of urea groups is 1. The van der Waals surface area contributed by atoms with Crippen LogP contribution in [0.3, 0.4) is 0 Å². The highest BCUT2D eigenvalue weighted by molar-refractivity contribution is 5.77. The van der Waals surface area contributed by atoms with Crippen LogP contribution in [0.1, 0.15) is 73.3 Å². The van der Waals surface area contributed by atoms with Crippen LogP contribution in [-0.2, 0) is 0 Å². The number of nitrogens with one attached hydrogen (secondary N) is 1. The van der Waals surface area contributed by atoms with Crippen LogP contribution in [0.15, 0.2) is 30.3 Å². The summed E-state index contributed by atoms with van der Waals surface area (Å²) in [6.07, 6.45) is 4.69. The van der Waals surface area contributed by atoms with E-state index in [1.165, 1.54) is 18.4 Å². The summed E-state index contributed by atoms with van der Waals surface area (Å²) in [5.74, 6) is 4.18. The van der Waals surface area contributed by atoms with Gasteiger partial charge in [0.1, 0.15) is 5.82 Å². The highest BCUT2D eigenvalue weighted by Gasteiger charge is 2.56. The zero-order chi connectivity index (χ0) is 24.4. The molecule has 4 aliphatic rings. The smallest absolute Gasteiger partial charge is 0.320 e. The summed E-state index contributed by atoms with van der Waals surface area (Å²) in [7, 11) is 0. The summed E-state index contributed by atoms with van der Waals surface area (Å²) in [6.45, 7) is 7.94. The van der Waals surface area contributed by atoms with Gasteiger partial charge < -0.3 is 14.5 Å². The lowest BCUT2D eigenvalue weighted by atomic mass is 9.57. The maximum Gasteiger partial charge on any atom is 0.320 e. The Balaban J connectivity index is 0.892. The zero-order valence-corrected chi connectivity index (χ0v) is 21.0. The highest BCUT2D eigenvalue weighted by atomic mass is 16.5. The number of hydrogen-bond donors (Lipinski definition) is 1. The third-order valence-corrected chi connectivity index (χ3v) is 8.45. The molecule has 2 aromatic heterocycles. The largest absolute Gasteiger partial charge is 0.477 e. The number of aromatic nitrogens is 5. The summed E-state index contributed by atoms with van der Waals surface area (Å²) >= 11 is 0. The van der Waals surface area contributed by atoms with Crippen molar-refractivity contribution in [2.24, 2.45) is 5.41 Å². The quantitative estimate of drug-likeness (QED) is 0.568. The van der Waals surface area contributed by atoms with E-state index in [0.29, 0.717) is 35.7 Å². The molecule has 1 spiro atoms. The minimum atomic E-state index is 0.196. The number of likely N-dealkylation sites (tertiary alicyclic amines) is 2. The molecule has 2 aliphatic carbocycles. The fraction of sp³-hybridized carbons (Fsp3) is 0.556. The number of rotatable bonds is 6. The Morgan fingerprint density at radius 2 is 1.83 bits per heavy atom. The second-order valence-electron chi connectivity index (χ2n) is 11.3. The molecule has 2 amide bonds. The standard InChI is InChI=1S/C27H33N7O2/c1-3-36-23-10-17(2)34(31-23)22-8-6-18(7-9-22)21-13-32(14-21)26(35)33-15-27(16-33)11-20(12-27)25-28-24(29-30-25)19-4-5-19/h6-10,19-21H,3-5,11-16H2,1-2H3,(H,28,29,30). The van der Waals surface area contributed by atoms with E-state index in [0.717, 1.165) is 62.1 Å². The van der Waals surface area contributed by atoms with E-state index < -0.39 is 0 Å². The Morgan fingerprint density at radius 1 is 1.08 bits per heavy atom. The summed E-state index contributed by atoms with van der Waals surface area (Å²) < 4.78 is 7.43. The Kier molecular flexibility index (Phi) is 4.91. The van der Waals surface area contributed by atoms with Crippen molar-refractivity contribution in [3.63, 3.8) is 0 Å². The third kappa shape index (κ3) is 3.67.